The Kier molecular flexibility index (Phi) is 7.00. The minimum absolute atomic E-state index is 0.0917. The fraction of sp³-hybridized carbons (Fsp3) is 0.269. The van der Waals surface area contributed by atoms with Gasteiger partial charge in [0.2, 0.25) is 0 Å². The fourth-order valence-corrected chi connectivity index (χ4v) is 4.02. The lowest BCUT2D eigenvalue weighted by molar-refractivity contribution is 0.0940. The first-order chi connectivity index (χ1) is 16.0. The highest BCUT2D eigenvalue weighted by atomic mass is 16.2. The number of hydrogen-bond acceptors (Lipinski definition) is 4. The van der Waals surface area contributed by atoms with E-state index in [9.17, 15) is 14.4 Å². The third kappa shape index (κ3) is 5.56. The van der Waals surface area contributed by atoms with E-state index >= 15 is 0 Å². The molecule has 0 atom stereocenters. The van der Waals surface area contributed by atoms with Crippen molar-refractivity contribution in [3.05, 3.63) is 89.2 Å². The van der Waals surface area contributed by atoms with Crippen molar-refractivity contribution in [1.29, 1.82) is 0 Å². The minimum atomic E-state index is -0.305. The maximum absolute atomic E-state index is 12.7. The van der Waals surface area contributed by atoms with Crippen LogP contribution in [0.1, 0.15) is 49.6 Å². The second kappa shape index (κ2) is 10.3. The molecule has 33 heavy (non-hydrogen) atoms. The zero-order valence-corrected chi connectivity index (χ0v) is 18.7. The van der Waals surface area contributed by atoms with Gasteiger partial charge in [0.1, 0.15) is 5.69 Å². The number of likely N-dealkylation sites (tertiary alicyclic amines) is 1. The van der Waals surface area contributed by atoms with Gasteiger partial charge in [-0.25, -0.2) is 0 Å². The van der Waals surface area contributed by atoms with E-state index in [-0.39, 0.29) is 17.6 Å². The number of aryl methyl sites for hydroxylation is 1. The molecule has 0 radical (unpaired) electrons. The molecule has 0 unspecified atom stereocenters. The van der Waals surface area contributed by atoms with Crippen LogP contribution in [0.15, 0.2) is 66.9 Å². The van der Waals surface area contributed by atoms with Gasteiger partial charge >= 0.3 is 0 Å². The summed E-state index contributed by atoms with van der Waals surface area (Å²) < 4.78 is 1.70. The van der Waals surface area contributed by atoms with Crippen LogP contribution in [0.3, 0.4) is 0 Å². The van der Waals surface area contributed by atoms with Crippen LogP contribution < -0.4 is 10.6 Å². The molecule has 1 aliphatic rings. The van der Waals surface area contributed by atoms with E-state index < -0.39 is 0 Å². The number of anilines is 1. The van der Waals surface area contributed by atoms with Gasteiger partial charge in [0.05, 0.1) is 5.69 Å². The summed E-state index contributed by atoms with van der Waals surface area (Å²) in [5.74, 6) is -0.563. The van der Waals surface area contributed by atoms with Gasteiger partial charge in [-0.1, -0.05) is 42.5 Å². The van der Waals surface area contributed by atoms with Crippen LogP contribution in [0.25, 0.3) is 0 Å². The number of benzene rings is 2. The molecule has 1 fully saturated rings. The van der Waals surface area contributed by atoms with Crippen molar-refractivity contribution in [3.63, 3.8) is 0 Å². The molecule has 2 aromatic carbocycles. The molecule has 7 nitrogen and oxygen atoms in total. The Bertz CT molecular complexity index is 1130. The molecule has 2 N–H and O–H groups in total. The van der Waals surface area contributed by atoms with Crippen LogP contribution in [-0.4, -0.2) is 53.2 Å². The van der Waals surface area contributed by atoms with Crippen molar-refractivity contribution in [2.45, 2.75) is 12.8 Å². The lowest BCUT2D eigenvalue weighted by Crippen LogP contribution is -2.34. The molecule has 1 aliphatic heterocycles. The summed E-state index contributed by atoms with van der Waals surface area (Å²) in [6, 6.07) is 17.2. The maximum Gasteiger partial charge on any atom is 0.268 e. The molecule has 3 aromatic rings. The predicted octanol–water partition coefficient (Wildman–Crippen LogP) is 3.33. The molecule has 0 aliphatic carbocycles. The van der Waals surface area contributed by atoms with Crippen LogP contribution in [0.5, 0.6) is 0 Å². The molecular weight excluding hydrogens is 416 g/mol. The second-order valence-corrected chi connectivity index (χ2v) is 8.26. The van der Waals surface area contributed by atoms with E-state index in [2.05, 4.69) is 15.5 Å². The number of hydrogen-bond donors (Lipinski definition) is 2. The van der Waals surface area contributed by atoms with E-state index in [0.717, 1.165) is 19.6 Å². The molecule has 1 aromatic heterocycles. The van der Waals surface area contributed by atoms with Gasteiger partial charge in [0.25, 0.3) is 11.8 Å². The number of ketones is 1. The summed E-state index contributed by atoms with van der Waals surface area (Å²) in [4.78, 5) is 40.1. The van der Waals surface area contributed by atoms with E-state index in [4.69, 9.17) is 0 Å². The van der Waals surface area contributed by atoms with Crippen LogP contribution in [0, 0.1) is 0 Å². The number of amides is 2. The van der Waals surface area contributed by atoms with E-state index in [1.807, 2.05) is 18.2 Å². The Hall–Kier alpha value is -3.71. The Balaban J connectivity index is 1.34. The van der Waals surface area contributed by atoms with Crippen molar-refractivity contribution in [2.24, 2.45) is 7.05 Å². The first kappa shape index (κ1) is 22.5. The van der Waals surface area contributed by atoms with Crippen LogP contribution >= 0.6 is 0 Å². The van der Waals surface area contributed by atoms with E-state index in [1.165, 1.54) is 12.8 Å². The standard InChI is InChI=1S/C26H28N4O3/c1-29-18-22(17-23(29)26(33)27-13-16-30-14-5-6-15-30)28-25(32)21-11-9-20(10-12-21)24(31)19-7-3-2-4-8-19/h2-4,7-12,17-18H,5-6,13-16H2,1H3,(H,27,33)(H,28,32). The first-order valence-electron chi connectivity index (χ1n) is 11.2. The zero-order chi connectivity index (χ0) is 23.2. The van der Waals surface area contributed by atoms with Gasteiger partial charge in [-0.05, 0) is 44.1 Å². The van der Waals surface area contributed by atoms with Crippen molar-refractivity contribution < 1.29 is 14.4 Å². The van der Waals surface area contributed by atoms with Crippen molar-refractivity contribution >= 4 is 23.3 Å². The average molecular weight is 445 g/mol. The first-order valence-corrected chi connectivity index (χ1v) is 11.2. The molecule has 170 valence electrons. The minimum Gasteiger partial charge on any atom is -0.349 e. The predicted molar refractivity (Wildman–Crippen MR) is 128 cm³/mol. The summed E-state index contributed by atoms with van der Waals surface area (Å²) >= 11 is 0. The highest BCUT2D eigenvalue weighted by molar-refractivity contribution is 6.10. The lowest BCUT2D eigenvalue weighted by Gasteiger charge is -2.14. The quantitative estimate of drug-likeness (QED) is 0.522. The summed E-state index contributed by atoms with van der Waals surface area (Å²) in [5, 5.41) is 5.77. The van der Waals surface area contributed by atoms with Crippen molar-refractivity contribution in [3.8, 4) is 0 Å². The normalized spacial score (nSPS) is 13.6. The lowest BCUT2D eigenvalue weighted by atomic mass is 10.0. The third-order valence-corrected chi connectivity index (χ3v) is 5.85. The second-order valence-electron chi connectivity index (χ2n) is 8.26. The fourth-order valence-electron chi connectivity index (χ4n) is 4.02. The summed E-state index contributed by atoms with van der Waals surface area (Å²) in [5.41, 5.74) is 2.57. The topological polar surface area (TPSA) is 83.4 Å². The van der Waals surface area contributed by atoms with Gasteiger partial charge in [-0.2, -0.15) is 0 Å². The molecule has 0 spiro atoms. The number of aromatic nitrogens is 1. The van der Waals surface area contributed by atoms with Gasteiger partial charge in [0.15, 0.2) is 5.78 Å². The van der Waals surface area contributed by atoms with Gasteiger partial charge in [0, 0.05) is 43.0 Å². The van der Waals surface area contributed by atoms with Crippen LogP contribution in [0.2, 0.25) is 0 Å². The molecule has 2 amide bonds. The van der Waals surface area contributed by atoms with E-state index in [0.29, 0.717) is 34.6 Å². The highest BCUT2D eigenvalue weighted by Crippen LogP contribution is 2.16. The Morgan fingerprint density at radius 2 is 1.48 bits per heavy atom. The number of carbonyl (C=O) groups excluding carboxylic acids is 3. The number of nitrogens with zero attached hydrogens (tertiary/aromatic N) is 2. The van der Waals surface area contributed by atoms with Gasteiger partial charge in [-0.3, -0.25) is 14.4 Å². The molecule has 0 bridgehead atoms. The molecule has 0 saturated carbocycles. The smallest absolute Gasteiger partial charge is 0.268 e. The molecule has 2 heterocycles. The molecular formula is C26H28N4O3. The Morgan fingerprint density at radius 3 is 2.18 bits per heavy atom. The highest BCUT2D eigenvalue weighted by Gasteiger charge is 2.16. The van der Waals surface area contributed by atoms with Crippen molar-refractivity contribution in [2.75, 3.05) is 31.5 Å². The maximum atomic E-state index is 12.7. The monoisotopic (exact) mass is 444 g/mol. The molecule has 1 saturated heterocycles. The molecule has 7 heteroatoms. The van der Waals surface area contributed by atoms with Gasteiger partial charge < -0.3 is 20.1 Å². The van der Waals surface area contributed by atoms with Crippen LogP contribution in [-0.2, 0) is 7.05 Å². The SMILES string of the molecule is Cn1cc(NC(=O)c2ccc(C(=O)c3ccccc3)cc2)cc1C(=O)NCCN1CCCC1. The average Bonchev–Trinajstić information content (AvgIpc) is 3.48. The largest absolute Gasteiger partial charge is 0.349 e. The summed E-state index contributed by atoms with van der Waals surface area (Å²) in [7, 11) is 1.77. The van der Waals surface area contributed by atoms with Crippen LogP contribution in [0.4, 0.5) is 5.69 Å². The number of rotatable bonds is 8. The van der Waals surface area contributed by atoms with E-state index in [1.54, 1.807) is 60.3 Å². The number of carbonyl (C=O) groups is 3. The zero-order valence-electron chi connectivity index (χ0n) is 18.7. The van der Waals surface area contributed by atoms with Crippen molar-refractivity contribution in [1.82, 2.24) is 14.8 Å². The summed E-state index contributed by atoms with van der Waals surface area (Å²) in [6.45, 7) is 3.64. The van der Waals surface area contributed by atoms with Gasteiger partial charge in [-0.15, -0.1) is 0 Å². The Labute approximate surface area is 193 Å². The number of nitrogens with one attached hydrogen (secondary N) is 2. The summed E-state index contributed by atoms with van der Waals surface area (Å²) in [6.07, 6.45) is 4.16. The third-order valence-electron chi connectivity index (χ3n) is 5.85. The Morgan fingerprint density at radius 1 is 0.848 bits per heavy atom. The molecule has 4 rings (SSSR count).